The lowest BCUT2D eigenvalue weighted by Crippen LogP contribution is -2.15. The monoisotopic (exact) mass is 196 g/mol. The van der Waals surface area contributed by atoms with Crippen LogP contribution in [0.25, 0.3) is 0 Å². The highest BCUT2D eigenvalue weighted by Gasteiger charge is 2.22. The van der Waals surface area contributed by atoms with Gasteiger partial charge in [0.25, 0.3) is 0 Å². The van der Waals surface area contributed by atoms with Crippen LogP contribution < -0.4 is 0 Å². The number of alkyl halides is 1. The Hall–Kier alpha value is 0.350. The molecule has 1 aliphatic rings. The van der Waals surface area contributed by atoms with Crippen molar-refractivity contribution in [1.82, 2.24) is 0 Å². The molecule has 0 aliphatic heterocycles. The average Bonchev–Trinajstić information content (AvgIpc) is 1.54. The Balaban J connectivity index is 2.88. The molecule has 1 unspecified atom stereocenters. The van der Waals surface area contributed by atoms with Crippen molar-refractivity contribution in [2.75, 3.05) is 0 Å². The highest BCUT2D eigenvalue weighted by Crippen LogP contribution is 2.34. The van der Waals surface area contributed by atoms with Gasteiger partial charge in [-0.05, 0) is 19.1 Å². The van der Waals surface area contributed by atoms with Gasteiger partial charge < -0.3 is 0 Å². The smallest absolute Gasteiger partial charge is 0.0663 e. The fraction of sp³-hybridized carbons (Fsp3) is 0.429. The third kappa shape index (κ3) is 2.19. The first-order valence-corrected chi connectivity index (χ1v) is 4.06. The second-order valence-electron chi connectivity index (χ2n) is 2.58. The largest absolute Gasteiger partial charge is 0.115 e. The SMILES string of the molecule is CC1(Cl)C=C(Cl)C=C(Cl)C1. The summed E-state index contributed by atoms with van der Waals surface area (Å²) in [5, 5.41) is 1.33. The zero-order valence-corrected chi connectivity index (χ0v) is 7.76. The molecule has 1 atom stereocenters. The molecule has 0 heterocycles. The highest BCUT2D eigenvalue weighted by atomic mass is 35.5. The van der Waals surface area contributed by atoms with Gasteiger partial charge in [-0.2, -0.15) is 0 Å². The van der Waals surface area contributed by atoms with Gasteiger partial charge in [0, 0.05) is 16.5 Å². The number of halogens is 3. The van der Waals surface area contributed by atoms with Gasteiger partial charge in [0.15, 0.2) is 0 Å². The van der Waals surface area contributed by atoms with Crippen molar-refractivity contribution in [2.45, 2.75) is 18.2 Å². The fourth-order valence-corrected chi connectivity index (χ4v) is 2.12. The van der Waals surface area contributed by atoms with Crippen molar-refractivity contribution in [2.24, 2.45) is 0 Å². The molecule has 0 saturated heterocycles. The number of hydrogen-bond donors (Lipinski definition) is 0. The Kier molecular flexibility index (Phi) is 2.34. The molecule has 0 bridgehead atoms. The molecule has 0 N–H and O–H groups in total. The van der Waals surface area contributed by atoms with E-state index >= 15 is 0 Å². The molecule has 1 aliphatic carbocycles. The first kappa shape index (κ1) is 8.45. The van der Waals surface area contributed by atoms with Gasteiger partial charge in [0.1, 0.15) is 0 Å². The van der Waals surface area contributed by atoms with E-state index in [0.717, 1.165) is 0 Å². The van der Waals surface area contributed by atoms with Gasteiger partial charge in [0.2, 0.25) is 0 Å². The Labute approximate surface area is 75.5 Å². The molecule has 0 nitrogen and oxygen atoms in total. The molecule has 0 fully saturated rings. The van der Waals surface area contributed by atoms with Crippen LogP contribution in [0, 0.1) is 0 Å². The lowest BCUT2D eigenvalue weighted by Gasteiger charge is -2.20. The van der Waals surface area contributed by atoms with Gasteiger partial charge in [-0.1, -0.05) is 23.2 Å². The molecular weight excluding hydrogens is 190 g/mol. The summed E-state index contributed by atoms with van der Waals surface area (Å²) in [6.45, 7) is 1.88. The Bertz CT molecular complexity index is 201. The normalized spacial score (nSPS) is 33.2. The van der Waals surface area contributed by atoms with E-state index in [1.54, 1.807) is 12.2 Å². The first-order valence-electron chi connectivity index (χ1n) is 2.93. The van der Waals surface area contributed by atoms with Crippen LogP contribution in [0.4, 0.5) is 0 Å². The molecule has 0 aromatic carbocycles. The summed E-state index contributed by atoms with van der Waals surface area (Å²) < 4.78 is 0. The predicted octanol–water partition coefficient (Wildman–Crippen LogP) is 3.63. The van der Waals surface area contributed by atoms with E-state index in [9.17, 15) is 0 Å². The maximum atomic E-state index is 5.98. The van der Waals surface area contributed by atoms with Crippen LogP contribution in [0.5, 0.6) is 0 Å². The summed E-state index contributed by atoms with van der Waals surface area (Å²) in [5.41, 5.74) is 0. The standard InChI is InChI=1S/C7H7Cl3/c1-7(10)3-5(8)2-6(9)4-7/h2-3H,4H2,1H3. The zero-order valence-electron chi connectivity index (χ0n) is 5.50. The average molecular weight is 197 g/mol. The minimum Gasteiger partial charge on any atom is -0.115 e. The van der Waals surface area contributed by atoms with E-state index in [1.165, 1.54) is 0 Å². The van der Waals surface area contributed by atoms with Crippen LogP contribution >= 0.6 is 34.8 Å². The minimum absolute atomic E-state index is 0.400. The van der Waals surface area contributed by atoms with Crippen LogP contribution in [-0.4, -0.2) is 4.87 Å². The van der Waals surface area contributed by atoms with E-state index in [4.69, 9.17) is 34.8 Å². The lowest BCUT2D eigenvalue weighted by atomic mass is 10.0. The Morgan fingerprint density at radius 2 is 2.10 bits per heavy atom. The van der Waals surface area contributed by atoms with E-state index in [-0.39, 0.29) is 0 Å². The molecule has 3 heteroatoms. The third-order valence-electron chi connectivity index (χ3n) is 1.25. The quantitative estimate of drug-likeness (QED) is 0.520. The van der Waals surface area contributed by atoms with E-state index in [1.807, 2.05) is 6.92 Å². The zero-order chi connectivity index (χ0) is 7.78. The summed E-state index contributed by atoms with van der Waals surface area (Å²) >= 11 is 17.4. The summed E-state index contributed by atoms with van der Waals surface area (Å²) in [7, 11) is 0. The first-order chi connectivity index (χ1) is 4.49. The van der Waals surface area contributed by atoms with Crippen LogP contribution in [-0.2, 0) is 0 Å². The summed E-state index contributed by atoms with van der Waals surface area (Å²) in [5.74, 6) is 0. The Morgan fingerprint density at radius 3 is 2.50 bits per heavy atom. The molecule has 0 amide bonds. The second kappa shape index (κ2) is 2.77. The van der Waals surface area contributed by atoms with Crippen LogP contribution in [0.3, 0.4) is 0 Å². The van der Waals surface area contributed by atoms with Crippen LogP contribution in [0.1, 0.15) is 13.3 Å². The molecule has 0 aromatic heterocycles. The molecule has 0 radical (unpaired) electrons. The van der Waals surface area contributed by atoms with Crippen molar-refractivity contribution < 1.29 is 0 Å². The summed E-state index contributed by atoms with van der Waals surface area (Å²) in [6, 6.07) is 0. The lowest BCUT2D eigenvalue weighted by molar-refractivity contribution is 0.771. The van der Waals surface area contributed by atoms with Gasteiger partial charge in [-0.3, -0.25) is 0 Å². The van der Waals surface area contributed by atoms with Crippen molar-refractivity contribution >= 4 is 34.8 Å². The van der Waals surface area contributed by atoms with Crippen molar-refractivity contribution in [3.63, 3.8) is 0 Å². The fourth-order valence-electron chi connectivity index (χ4n) is 0.911. The second-order valence-corrected chi connectivity index (χ2v) is 4.36. The maximum Gasteiger partial charge on any atom is 0.0663 e. The highest BCUT2D eigenvalue weighted by molar-refractivity contribution is 6.37. The van der Waals surface area contributed by atoms with Gasteiger partial charge in [-0.15, -0.1) is 11.6 Å². The maximum absolute atomic E-state index is 5.98. The molecular formula is C7H7Cl3. The van der Waals surface area contributed by atoms with Crippen molar-refractivity contribution in [3.8, 4) is 0 Å². The van der Waals surface area contributed by atoms with Gasteiger partial charge >= 0.3 is 0 Å². The predicted molar refractivity (Wildman–Crippen MR) is 46.7 cm³/mol. The van der Waals surface area contributed by atoms with E-state index in [0.29, 0.717) is 16.5 Å². The molecule has 0 spiro atoms. The van der Waals surface area contributed by atoms with Gasteiger partial charge in [0.05, 0.1) is 4.87 Å². The summed E-state index contributed by atoms with van der Waals surface area (Å²) in [6.07, 6.45) is 4.17. The van der Waals surface area contributed by atoms with Gasteiger partial charge in [-0.25, -0.2) is 0 Å². The third-order valence-corrected chi connectivity index (χ3v) is 1.95. The topological polar surface area (TPSA) is 0 Å². The molecule has 10 heavy (non-hydrogen) atoms. The van der Waals surface area contributed by atoms with Crippen molar-refractivity contribution in [1.29, 1.82) is 0 Å². The minimum atomic E-state index is -0.400. The van der Waals surface area contributed by atoms with E-state index in [2.05, 4.69) is 0 Å². The van der Waals surface area contributed by atoms with Crippen LogP contribution in [0.2, 0.25) is 0 Å². The van der Waals surface area contributed by atoms with Crippen LogP contribution in [0.15, 0.2) is 22.2 Å². The number of allylic oxidation sites excluding steroid dienone is 4. The molecule has 56 valence electrons. The number of hydrogen-bond acceptors (Lipinski definition) is 0. The number of rotatable bonds is 0. The Morgan fingerprint density at radius 1 is 1.50 bits per heavy atom. The molecule has 0 aromatic rings. The molecule has 0 saturated carbocycles. The van der Waals surface area contributed by atoms with Crippen molar-refractivity contribution in [3.05, 3.63) is 22.2 Å². The van der Waals surface area contributed by atoms with E-state index < -0.39 is 4.87 Å². The molecule has 1 rings (SSSR count). The summed E-state index contributed by atoms with van der Waals surface area (Å²) in [4.78, 5) is -0.400.